The van der Waals surface area contributed by atoms with Crippen molar-refractivity contribution in [2.24, 2.45) is 0 Å². The Morgan fingerprint density at radius 2 is 2.00 bits per heavy atom. The van der Waals surface area contributed by atoms with Crippen molar-refractivity contribution < 1.29 is 22.9 Å². The van der Waals surface area contributed by atoms with Crippen LogP contribution in [0, 0.1) is 10.1 Å². The first-order valence-corrected chi connectivity index (χ1v) is 11.7. The number of anilines is 2. The molecule has 0 aromatic heterocycles. The second kappa shape index (κ2) is 8.93. The van der Waals surface area contributed by atoms with Crippen molar-refractivity contribution in [2.75, 3.05) is 29.1 Å². The molecule has 10 heteroatoms. The summed E-state index contributed by atoms with van der Waals surface area (Å²) in [5.74, 6) is -0.255. The monoisotopic (exact) mass is 447 g/mol. The van der Waals surface area contributed by atoms with Gasteiger partial charge in [-0.1, -0.05) is 25.1 Å². The van der Waals surface area contributed by atoms with Gasteiger partial charge < -0.3 is 9.64 Å². The van der Waals surface area contributed by atoms with Crippen LogP contribution in [0.15, 0.2) is 42.5 Å². The van der Waals surface area contributed by atoms with Gasteiger partial charge in [-0.3, -0.25) is 19.2 Å². The van der Waals surface area contributed by atoms with E-state index in [1.807, 2.05) is 24.3 Å². The molecule has 0 saturated heterocycles. The largest absolute Gasteiger partial charge is 0.495 e. The first kappa shape index (κ1) is 22.5. The van der Waals surface area contributed by atoms with E-state index in [4.69, 9.17) is 4.74 Å². The molecule has 0 saturated carbocycles. The summed E-state index contributed by atoms with van der Waals surface area (Å²) >= 11 is 0. The van der Waals surface area contributed by atoms with E-state index in [-0.39, 0.29) is 29.5 Å². The predicted molar refractivity (Wildman–Crippen MR) is 118 cm³/mol. The molecule has 0 unspecified atom stereocenters. The van der Waals surface area contributed by atoms with Gasteiger partial charge in [0, 0.05) is 24.4 Å². The summed E-state index contributed by atoms with van der Waals surface area (Å²) in [5.41, 5.74) is 1.45. The van der Waals surface area contributed by atoms with Crippen molar-refractivity contribution in [3.05, 3.63) is 58.1 Å². The molecule has 0 spiro atoms. The molecule has 0 N–H and O–H groups in total. The normalized spacial score (nSPS) is 14.5. The Labute approximate surface area is 181 Å². The minimum atomic E-state index is -3.98. The number of benzene rings is 2. The third kappa shape index (κ3) is 4.48. The lowest BCUT2D eigenvalue weighted by Gasteiger charge is -2.36. The number of methoxy groups -OCH3 is 1. The molecule has 2 aromatic carbocycles. The average Bonchev–Trinajstić information content (AvgIpc) is 2.75. The van der Waals surface area contributed by atoms with Gasteiger partial charge >= 0.3 is 0 Å². The number of rotatable bonds is 7. The predicted octanol–water partition coefficient (Wildman–Crippen LogP) is 3.13. The number of sulfonamides is 1. The Kier molecular flexibility index (Phi) is 6.49. The lowest BCUT2D eigenvalue weighted by Crippen LogP contribution is -2.52. The van der Waals surface area contributed by atoms with Crippen molar-refractivity contribution in [1.29, 1.82) is 0 Å². The molecule has 9 nitrogen and oxygen atoms in total. The molecule has 0 fully saturated rings. The molecule has 166 valence electrons. The fraction of sp³-hybridized carbons (Fsp3) is 0.381. The molecule has 2 aromatic rings. The van der Waals surface area contributed by atoms with Gasteiger partial charge in [0.25, 0.3) is 11.6 Å². The minimum Gasteiger partial charge on any atom is -0.495 e. The summed E-state index contributed by atoms with van der Waals surface area (Å²) in [6.07, 6.45) is 2.76. The van der Waals surface area contributed by atoms with Crippen LogP contribution >= 0.6 is 0 Å². The molecular formula is C21H25N3O6S. The summed E-state index contributed by atoms with van der Waals surface area (Å²) in [4.78, 5) is 25.9. The van der Waals surface area contributed by atoms with Gasteiger partial charge in [-0.05, 0) is 37.0 Å². The molecule has 3 rings (SSSR count). The van der Waals surface area contributed by atoms with Gasteiger partial charge in [-0.25, -0.2) is 8.42 Å². The van der Waals surface area contributed by atoms with E-state index in [0.717, 1.165) is 40.7 Å². The standard InChI is InChI=1S/C21H25N3O6S/c1-4-17(21(25)22-13-7-9-15-8-5-6-10-18(15)22)23(31(3,28)29)19-14-16(24(26)27)11-12-20(19)30-2/h5-6,8,10-12,14,17H,4,7,9,13H2,1-3H3/t17-/m1/s1. The molecular weight excluding hydrogens is 422 g/mol. The molecule has 1 atom stereocenters. The zero-order valence-corrected chi connectivity index (χ0v) is 18.5. The van der Waals surface area contributed by atoms with Crippen LogP contribution in [0.3, 0.4) is 0 Å². The van der Waals surface area contributed by atoms with Crippen LogP contribution in [0.1, 0.15) is 25.3 Å². The number of aryl methyl sites for hydroxylation is 1. The number of hydrogen-bond donors (Lipinski definition) is 0. The zero-order valence-electron chi connectivity index (χ0n) is 17.6. The molecule has 1 amide bonds. The van der Waals surface area contributed by atoms with Gasteiger partial charge in [0.05, 0.1) is 18.3 Å². The molecule has 1 aliphatic rings. The van der Waals surface area contributed by atoms with Crippen molar-refractivity contribution in [2.45, 2.75) is 32.2 Å². The highest BCUT2D eigenvalue weighted by molar-refractivity contribution is 7.92. The second-order valence-corrected chi connectivity index (χ2v) is 9.18. The number of non-ortho nitro benzene ring substituents is 1. The number of carbonyl (C=O) groups excluding carboxylic acids is 1. The lowest BCUT2D eigenvalue weighted by atomic mass is 10.0. The van der Waals surface area contributed by atoms with Gasteiger partial charge in [-0.15, -0.1) is 0 Å². The second-order valence-electron chi connectivity index (χ2n) is 7.32. The molecule has 0 aliphatic carbocycles. The van der Waals surface area contributed by atoms with Crippen molar-refractivity contribution in [3.63, 3.8) is 0 Å². The highest BCUT2D eigenvalue weighted by atomic mass is 32.2. The topological polar surface area (TPSA) is 110 Å². The van der Waals surface area contributed by atoms with E-state index >= 15 is 0 Å². The van der Waals surface area contributed by atoms with Crippen LogP contribution < -0.4 is 13.9 Å². The number of nitro groups is 1. The summed E-state index contributed by atoms with van der Waals surface area (Å²) in [7, 11) is -2.64. The molecule has 1 heterocycles. The third-order valence-electron chi connectivity index (χ3n) is 5.30. The first-order chi connectivity index (χ1) is 14.7. The van der Waals surface area contributed by atoms with Crippen LogP contribution in [0.2, 0.25) is 0 Å². The van der Waals surface area contributed by atoms with E-state index in [2.05, 4.69) is 0 Å². The number of nitro benzene ring substituents is 1. The Morgan fingerprint density at radius 3 is 2.61 bits per heavy atom. The maximum atomic E-state index is 13.6. The van der Waals surface area contributed by atoms with Crippen LogP contribution in [0.25, 0.3) is 0 Å². The minimum absolute atomic E-state index is 0.0373. The maximum absolute atomic E-state index is 13.6. The summed E-state index contributed by atoms with van der Waals surface area (Å²) < 4.78 is 31.9. The van der Waals surface area contributed by atoms with Crippen LogP contribution in [-0.4, -0.2) is 45.2 Å². The molecule has 31 heavy (non-hydrogen) atoms. The third-order valence-corrected chi connectivity index (χ3v) is 6.46. The Balaban J connectivity index is 2.12. The number of ether oxygens (including phenoxy) is 1. The fourth-order valence-corrected chi connectivity index (χ4v) is 5.13. The maximum Gasteiger partial charge on any atom is 0.271 e. The Morgan fingerprint density at radius 1 is 1.29 bits per heavy atom. The number of nitrogens with zero attached hydrogens (tertiary/aromatic N) is 3. The van der Waals surface area contributed by atoms with Crippen molar-refractivity contribution in [3.8, 4) is 5.75 Å². The van der Waals surface area contributed by atoms with Crippen molar-refractivity contribution >= 4 is 33.0 Å². The van der Waals surface area contributed by atoms with E-state index in [1.165, 1.54) is 19.2 Å². The van der Waals surface area contributed by atoms with E-state index in [1.54, 1.807) is 11.8 Å². The summed E-state index contributed by atoms with van der Waals surface area (Å²) in [6, 6.07) is 10.1. The van der Waals surface area contributed by atoms with E-state index in [0.29, 0.717) is 6.54 Å². The van der Waals surface area contributed by atoms with Gasteiger partial charge in [0.15, 0.2) is 0 Å². The summed E-state index contributed by atoms with van der Waals surface area (Å²) in [6.45, 7) is 2.18. The van der Waals surface area contributed by atoms with Gasteiger partial charge in [0.1, 0.15) is 17.5 Å². The number of fused-ring (bicyclic) bond motifs is 1. The zero-order chi connectivity index (χ0) is 22.8. The van der Waals surface area contributed by atoms with Crippen LogP contribution in [-0.2, 0) is 21.2 Å². The molecule has 0 radical (unpaired) electrons. The lowest BCUT2D eigenvalue weighted by molar-refractivity contribution is -0.384. The van der Waals surface area contributed by atoms with Crippen molar-refractivity contribution in [1.82, 2.24) is 0 Å². The van der Waals surface area contributed by atoms with Gasteiger partial charge in [-0.2, -0.15) is 0 Å². The Bertz CT molecular complexity index is 1100. The first-order valence-electron chi connectivity index (χ1n) is 9.90. The highest BCUT2D eigenvalue weighted by Crippen LogP contribution is 2.37. The van der Waals surface area contributed by atoms with Crippen LogP contribution in [0.5, 0.6) is 5.75 Å². The summed E-state index contributed by atoms with van der Waals surface area (Å²) in [5, 5.41) is 11.3. The number of carbonyl (C=O) groups is 1. The van der Waals surface area contributed by atoms with Gasteiger partial charge in [0.2, 0.25) is 10.0 Å². The number of amides is 1. The number of para-hydroxylation sites is 1. The molecule has 1 aliphatic heterocycles. The molecule has 0 bridgehead atoms. The van der Waals surface area contributed by atoms with E-state index in [9.17, 15) is 23.3 Å². The van der Waals surface area contributed by atoms with Crippen LogP contribution in [0.4, 0.5) is 17.1 Å². The average molecular weight is 448 g/mol. The smallest absolute Gasteiger partial charge is 0.271 e. The Hall–Kier alpha value is -3.14. The quantitative estimate of drug-likeness (QED) is 0.476. The highest BCUT2D eigenvalue weighted by Gasteiger charge is 2.38. The fourth-order valence-electron chi connectivity index (χ4n) is 3.93. The SMILES string of the molecule is CC[C@H](C(=O)N1CCCc2ccccc21)N(c1cc([N+](=O)[O-])ccc1OC)S(C)(=O)=O. The number of hydrogen-bond acceptors (Lipinski definition) is 6. The van der Waals surface area contributed by atoms with E-state index < -0.39 is 21.0 Å².